The lowest BCUT2D eigenvalue weighted by Gasteiger charge is -2.25. The second-order valence-corrected chi connectivity index (χ2v) is 6.79. The van der Waals surface area contributed by atoms with Crippen molar-refractivity contribution in [1.82, 2.24) is 4.90 Å². The molecule has 0 atom stereocenters. The highest BCUT2D eigenvalue weighted by Gasteiger charge is 2.29. The zero-order valence-corrected chi connectivity index (χ0v) is 12.9. The predicted octanol–water partition coefficient (Wildman–Crippen LogP) is 4.97. The normalized spacial score (nSPS) is 22.6. The van der Waals surface area contributed by atoms with E-state index in [4.69, 9.17) is 28.2 Å². The van der Waals surface area contributed by atoms with E-state index in [1.807, 2.05) is 23.9 Å². The molecule has 1 saturated heterocycles. The van der Waals surface area contributed by atoms with Crippen LogP contribution >= 0.6 is 35.0 Å². The molecule has 0 spiro atoms. The van der Waals surface area contributed by atoms with Gasteiger partial charge in [0.15, 0.2) is 5.17 Å². The van der Waals surface area contributed by atoms with Crippen LogP contribution in [0.4, 0.5) is 5.69 Å². The van der Waals surface area contributed by atoms with Gasteiger partial charge in [0.05, 0.1) is 15.7 Å². The summed E-state index contributed by atoms with van der Waals surface area (Å²) in [5.74, 6) is 1.12. The van der Waals surface area contributed by atoms with Crippen molar-refractivity contribution >= 4 is 45.8 Å². The summed E-state index contributed by atoms with van der Waals surface area (Å²) in [6, 6.07) is 6.29. The average molecular weight is 315 g/mol. The smallest absolute Gasteiger partial charge is 0.164 e. The Kier molecular flexibility index (Phi) is 4.25. The number of hydrogen-bond acceptors (Lipinski definition) is 2. The number of thioether (sulfide) groups is 1. The molecule has 2 fully saturated rings. The Morgan fingerprint density at radius 3 is 2.79 bits per heavy atom. The quantitative estimate of drug-likeness (QED) is 0.765. The van der Waals surface area contributed by atoms with Gasteiger partial charge in [0, 0.05) is 18.3 Å². The van der Waals surface area contributed by atoms with E-state index in [0.29, 0.717) is 16.1 Å². The highest BCUT2D eigenvalue weighted by molar-refractivity contribution is 8.14. The van der Waals surface area contributed by atoms with Gasteiger partial charge < -0.3 is 4.90 Å². The maximum atomic E-state index is 6.21. The maximum absolute atomic E-state index is 6.21. The Balaban J connectivity index is 1.87. The van der Waals surface area contributed by atoms with Gasteiger partial charge in [-0.15, -0.1) is 0 Å². The van der Waals surface area contributed by atoms with Crippen molar-refractivity contribution in [3.8, 4) is 0 Å². The van der Waals surface area contributed by atoms with Crippen molar-refractivity contribution in [3.05, 3.63) is 28.2 Å². The van der Waals surface area contributed by atoms with Gasteiger partial charge in [-0.05, 0) is 25.0 Å². The molecular weight excluding hydrogens is 299 g/mol. The molecule has 1 aliphatic heterocycles. The standard InChI is InChI=1S/C14H16Cl2N2S/c15-11-6-3-7-12(13(11)16)17-14-18(8-9-19-14)10-4-1-2-5-10/h3,6-7,10H,1-2,4-5,8-9H2/b17-14-. The monoisotopic (exact) mass is 314 g/mol. The van der Waals surface area contributed by atoms with Crippen LogP contribution in [-0.4, -0.2) is 28.4 Å². The second kappa shape index (κ2) is 5.94. The topological polar surface area (TPSA) is 15.6 Å². The number of nitrogens with zero attached hydrogens (tertiary/aromatic N) is 2. The van der Waals surface area contributed by atoms with Crippen LogP contribution in [-0.2, 0) is 0 Å². The fraction of sp³-hybridized carbons (Fsp3) is 0.500. The predicted molar refractivity (Wildman–Crippen MR) is 85.0 cm³/mol. The van der Waals surface area contributed by atoms with E-state index in [2.05, 4.69) is 4.90 Å². The molecule has 0 amide bonds. The Labute approximate surface area is 128 Å². The molecule has 1 heterocycles. The minimum Gasteiger partial charge on any atom is -0.347 e. The molecule has 1 aliphatic carbocycles. The third-order valence-corrected chi connectivity index (χ3v) is 5.50. The van der Waals surface area contributed by atoms with Crippen molar-refractivity contribution in [2.24, 2.45) is 4.99 Å². The molecule has 0 N–H and O–H groups in total. The summed E-state index contributed by atoms with van der Waals surface area (Å²) in [4.78, 5) is 7.19. The molecule has 102 valence electrons. The first-order valence-corrected chi connectivity index (χ1v) is 8.42. The van der Waals surface area contributed by atoms with E-state index in [-0.39, 0.29) is 0 Å². The molecule has 0 radical (unpaired) electrons. The lowest BCUT2D eigenvalue weighted by molar-refractivity contribution is 0.344. The Morgan fingerprint density at radius 1 is 1.21 bits per heavy atom. The number of aliphatic imine (C=N–C) groups is 1. The Morgan fingerprint density at radius 2 is 2.00 bits per heavy atom. The molecule has 3 rings (SSSR count). The van der Waals surface area contributed by atoms with Crippen molar-refractivity contribution in [3.63, 3.8) is 0 Å². The zero-order chi connectivity index (χ0) is 13.2. The highest BCUT2D eigenvalue weighted by Crippen LogP contribution is 2.35. The minimum absolute atomic E-state index is 0.551. The van der Waals surface area contributed by atoms with Crippen LogP contribution in [0.3, 0.4) is 0 Å². The lowest BCUT2D eigenvalue weighted by atomic mass is 10.2. The summed E-state index contributed by atoms with van der Waals surface area (Å²) < 4.78 is 0. The SMILES string of the molecule is Clc1cccc(/N=C2\SCCN2C2CCCC2)c1Cl. The third-order valence-electron chi connectivity index (χ3n) is 3.72. The van der Waals surface area contributed by atoms with Gasteiger partial charge >= 0.3 is 0 Å². The van der Waals surface area contributed by atoms with Crippen molar-refractivity contribution in [2.45, 2.75) is 31.7 Å². The largest absolute Gasteiger partial charge is 0.347 e. The van der Waals surface area contributed by atoms with E-state index >= 15 is 0 Å². The summed E-state index contributed by atoms with van der Waals surface area (Å²) in [5, 5.41) is 2.23. The van der Waals surface area contributed by atoms with Crippen molar-refractivity contribution < 1.29 is 0 Å². The molecular formula is C14H16Cl2N2S. The van der Waals surface area contributed by atoms with Crippen LogP contribution in [0.2, 0.25) is 10.0 Å². The lowest BCUT2D eigenvalue weighted by Crippen LogP contribution is -2.33. The fourth-order valence-electron chi connectivity index (χ4n) is 2.75. The zero-order valence-electron chi connectivity index (χ0n) is 10.6. The van der Waals surface area contributed by atoms with Crippen LogP contribution in [0.15, 0.2) is 23.2 Å². The van der Waals surface area contributed by atoms with Crippen LogP contribution in [0, 0.1) is 0 Å². The number of halogens is 2. The number of rotatable bonds is 2. The molecule has 2 aliphatic rings. The van der Waals surface area contributed by atoms with Crippen molar-refractivity contribution in [2.75, 3.05) is 12.3 Å². The van der Waals surface area contributed by atoms with Crippen LogP contribution in [0.1, 0.15) is 25.7 Å². The minimum atomic E-state index is 0.551. The van der Waals surface area contributed by atoms with Gasteiger partial charge in [-0.3, -0.25) is 0 Å². The molecule has 19 heavy (non-hydrogen) atoms. The van der Waals surface area contributed by atoms with Crippen molar-refractivity contribution in [1.29, 1.82) is 0 Å². The van der Waals surface area contributed by atoms with Crippen LogP contribution < -0.4 is 0 Å². The summed E-state index contributed by atoms with van der Waals surface area (Å²) in [6.45, 7) is 1.10. The highest BCUT2D eigenvalue weighted by atomic mass is 35.5. The molecule has 0 bridgehead atoms. The third kappa shape index (κ3) is 2.88. The fourth-order valence-corrected chi connectivity index (χ4v) is 4.12. The molecule has 0 unspecified atom stereocenters. The molecule has 1 aromatic carbocycles. The molecule has 5 heteroatoms. The van der Waals surface area contributed by atoms with Gasteiger partial charge in [-0.1, -0.05) is 53.9 Å². The molecule has 1 aromatic rings. The van der Waals surface area contributed by atoms with Gasteiger partial charge in [0.25, 0.3) is 0 Å². The first-order chi connectivity index (χ1) is 9.25. The van der Waals surface area contributed by atoms with Gasteiger partial charge in [-0.2, -0.15) is 0 Å². The number of amidine groups is 1. The molecule has 0 aromatic heterocycles. The summed E-state index contributed by atoms with van der Waals surface area (Å²) in [7, 11) is 0. The second-order valence-electron chi connectivity index (χ2n) is 4.95. The van der Waals surface area contributed by atoms with Gasteiger partial charge in [-0.25, -0.2) is 4.99 Å². The Bertz CT molecular complexity index is 498. The first-order valence-electron chi connectivity index (χ1n) is 6.68. The number of hydrogen-bond donors (Lipinski definition) is 0. The van der Waals surface area contributed by atoms with Gasteiger partial charge in [0.2, 0.25) is 0 Å². The van der Waals surface area contributed by atoms with Crippen LogP contribution in [0.25, 0.3) is 0 Å². The summed E-state index contributed by atoms with van der Waals surface area (Å²) >= 11 is 14.1. The summed E-state index contributed by atoms with van der Waals surface area (Å²) in [5.41, 5.74) is 0.779. The number of benzene rings is 1. The summed E-state index contributed by atoms with van der Waals surface area (Å²) in [6.07, 6.45) is 5.28. The van der Waals surface area contributed by atoms with Crippen LogP contribution in [0.5, 0.6) is 0 Å². The maximum Gasteiger partial charge on any atom is 0.164 e. The van der Waals surface area contributed by atoms with E-state index < -0.39 is 0 Å². The molecule has 1 saturated carbocycles. The van der Waals surface area contributed by atoms with Gasteiger partial charge in [0.1, 0.15) is 0 Å². The van der Waals surface area contributed by atoms with E-state index in [9.17, 15) is 0 Å². The average Bonchev–Trinajstić information content (AvgIpc) is 3.05. The van der Waals surface area contributed by atoms with E-state index in [1.165, 1.54) is 25.7 Å². The van der Waals surface area contributed by atoms with E-state index in [1.54, 1.807) is 6.07 Å². The molecule has 2 nitrogen and oxygen atoms in total. The van der Waals surface area contributed by atoms with E-state index in [0.717, 1.165) is 23.2 Å². The Hall–Kier alpha value is -0.380. The first kappa shape index (κ1) is 13.6.